The van der Waals surface area contributed by atoms with Crippen LogP contribution in [0.1, 0.15) is 30.9 Å². The summed E-state index contributed by atoms with van der Waals surface area (Å²) in [5.74, 6) is 0.764. The van der Waals surface area contributed by atoms with Gasteiger partial charge in [0.1, 0.15) is 24.0 Å². The third kappa shape index (κ3) is 6.43. The van der Waals surface area contributed by atoms with Gasteiger partial charge in [0.2, 0.25) is 0 Å². The molecule has 0 saturated heterocycles. The molecule has 0 aliphatic carbocycles. The second-order valence-corrected chi connectivity index (χ2v) is 6.17. The third-order valence-electron chi connectivity index (χ3n) is 4.68. The van der Waals surface area contributed by atoms with Gasteiger partial charge < -0.3 is 19.1 Å². The number of halogens is 1. The van der Waals surface area contributed by atoms with Crippen LogP contribution in [0, 0.1) is 0 Å². The molecule has 5 nitrogen and oxygen atoms in total. The average Bonchev–Trinajstić information content (AvgIpc) is 2.72. The number of carbonyl (C=O) groups is 1. The van der Waals surface area contributed by atoms with Crippen molar-refractivity contribution in [1.82, 2.24) is 4.90 Å². The van der Waals surface area contributed by atoms with Crippen molar-refractivity contribution in [3.63, 3.8) is 0 Å². The molecule has 28 heavy (non-hydrogen) atoms. The SMILES string of the molecule is CCN(CC)CCOC(=O)C(c1ccc(OC)cc1)c1ccc(OC)cc1.Cl. The number of likely N-dealkylation sites (N-methyl/N-ethyl adjacent to an activating group) is 1. The van der Waals surface area contributed by atoms with Crippen molar-refractivity contribution < 1.29 is 19.0 Å². The van der Waals surface area contributed by atoms with E-state index in [1.165, 1.54) is 0 Å². The molecule has 2 aromatic rings. The van der Waals surface area contributed by atoms with Crippen molar-refractivity contribution >= 4 is 18.4 Å². The maximum Gasteiger partial charge on any atom is 0.317 e. The fourth-order valence-corrected chi connectivity index (χ4v) is 2.96. The summed E-state index contributed by atoms with van der Waals surface area (Å²) < 4.78 is 16.1. The lowest BCUT2D eigenvalue weighted by Gasteiger charge is -2.20. The molecule has 0 aliphatic rings. The molecule has 0 aliphatic heterocycles. The van der Waals surface area contributed by atoms with E-state index in [4.69, 9.17) is 14.2 Å². The van der Waals surface area contributed by atoms with Crippen LogP contribution in [0.5, 0.6) is 11.5 Å². The highest BCUT2D eigenvalue weighted by molar-refractivity contribution is 5.85. The lowest BCUT2D eigenvalue weighted by Crippen LogP contribution is -2.29. The van der Waals surface area contributed by atoms with E-state index < -0.39 is 5.92 Å². The van der Waals surface area contributed by atoms with E-state index >= 15 is 0 Å². The van der Waals surface area contributed by atoms with Crippen LogP contribution in [-0.2, 0) is 9.53 Å². The van der Waals surface area contributed by atoms with E-state index in [2.05, 4.69) is 18.7 Å². The number of hydrogen-bond donors (Lipinski definition) is 0. The zero-order chi connectivity index (χ0) is 19.6. The van der Waals surface area contributed by atoms with Crippen molar-refractivity contribution in [3.8, 4) is 11.5 Å². The lowest BCUT2D eigenvalue weighted by molar-refractivity contribution is -0.144. The molecule has 0 spiro atoms. The van der Waals surface area contributed by atoms with Gasteiger partial charge in [-0.3, -0.25) is 4.79 Å². The van der Waals surface area contributed by atoms with Gasteiger partial charge >= 0.3 is 5.97 Å². The van der Waals surface area contributed by atoms with Crippen LogP contribution in [0.25, 0.3) is 0 Å². The zero-order valence-corrected chi connectivity index (χ0v) is 17.8. The van der Waals surface area contributed by atoms with Crippen molar-refractivity contribution in [1.29, 1.82) is 0 Å². The normalized spacial score (nSPS) is 10.5. The smallest absolute Gasteiger partial charge is 0.317 e. The first-order chi connectivity index (χ1) is 13.1. The molecule has 0 atom stereocenters. The molecular weight excluding hydrogens is 378 g/mol. The highest BCUT2D eigenvalue weighted by Crippen LogP contribution is 2.29. The molecule has 0 radical (unpaired) electrons. The van der Waals surface area contributed by atoms with Crippen LogP contribution in [-0.4, -0.2) is 51.3 Å². The monoisotopic (exact) mass is 407 g/mol. The molecule has 6 heteroatoms. The Morgan fingerprint density at radius 2 is 1.29 bits per heavy atom. The zero-order valence-electron chi connectivity index (χ0n) is 17.0. The fraction of sp³-hybridized carbons (Fsp3) is 0.409. The second kappa shape index (κ2) is 12.3. The minimum absolute atomic E-state index is 0. The minimum atomic E-state index is -0.487. The summed E-state index contributed by atoms with van der Waals surface area (Å²) in [6.07, 6.45) is 0. The molecule has 154 valence electrons. The Kier molecular flexibility index (Phi) is 10.4. The van der Waals surface area contributed by atoms with Gasteiger partial charge in [-0.05, 0) is 48.5 Å². The van der Waals surface area contributed by atoms with Crippen LogP contribution in [0.15, 0.2) is 48.5 Å². The van der Waals surface area contributed by atoms with Gasteiger partial charge in [-0.1, -0.05) is 38.1 Å². The summed E-state index contributed by atoms with van der Waals surface area (Å²) in [6.45, 7) is 7.19. The van der Waals surface area contributed by atoms with Gasteiger partial charge in [-0.2, -0.15) is 0 Å². The summed E-state index contributed by atoms with van der Waals surface area (Å²) >= 11 is 0. The largest absolute Gasteiger partial charge is 0.497 e. The highest BCUT2D eigenvalue weighted by Gasteiger charge is 2.24. The predicted octanol–water partition coefficient (Wildman–Crippen LogP) is 4.14. The topological polar surface area (TPSA) is 48.0 Å². The van der Waals surface area contributed by atoms with Crippen LogP contribution in [0.3, 0.4) is 0 Å². The first kappa shape index (κ1) is 23.8. The molecular formula is C22H30ClNO4. The van der Waals surface area contributed by atoms with E-state index in [1.54, 1.807) is 14.2 Å². The molecule has 0 fully saturated rings. The van der Waals surface area contributed by atoms with Gasteiger partial charge in [0, 0.05) is 6.54 Å². The van der Waals surface area contributed by atoms with Gasteiger partial charge in [0.05, 0.1) is 14.2 Å². The number of nitrogens with zero attached hydrogens (tertiary/aromatic N) is 1. The molecule has 0 heterocycles. The molecule has 0 saturated carbocycles. The quantitative estimate of drug-likeness (QED) is 0.554. The van der Waals surface area contributed by atoms with Gasteiger partial charge in [0.25, 0.3) is 0 Å². The van der Waals surface area contributed by atoms with Crippen LogP contribution in [0.2, 0.25) is 0 Å². The number of esters is 1. The first-order valence-corrected chi connectivity index (χ1v) is 9.29. The predicted molar refractivity (Wildman–Crippen MR) is 114 cm³/mol. The van der Waals surface area contributed by atoms with Crippen LogP contribution < -0.4 is 9.47 Å². The average molecular weight is 408 g/mol. The van der Waals surface area contributed by atoms with Crippen LogP contribution >= 0.6 is 12.4 Å². The maximum absolute atomic E-state index is 12.9. The summed E-state index contributed by atoms with van der Waals surface area (Å²) in [6, 6.07) is 15.0. The Morgan fingerprint density at radius 3 is 1.64 bits per heavy atom. The summed E-state index contributed by atoms with van der Waals surface area (Å²) in [5.41, 5.74) is 1.74. The Morgan fingerprint density at radius 1 is 0.857 bits per heavy atom. The molecule has 0 unspecified atom stereocenters. The molecule has 0 bridgehead atoms. The Hall–Kier alpha value is -2.24. The van der Waals surface area contributed by atoms with E-state index in [0.717, 1.165) is 42.3 Å². The van der Waals surface area contributed by atoms with Gasteiger partial charge in [-0.25, -0.2) is 0 Å². The number of hydrogen-bond acceptors (Lipinski definition) is 5. The highest BCUT2D eigenvalue weighted by atomic mass is 35.5. The van der Waals surface area contributed by atoms with E-state index in [1.807, 2.05) is 48.5 Å². The van der Waals surface area contributed by atoms with E-state index in [0.29, 0.717) is 6.61 Å². The summed E-state index contributed by atoms with van der Waals surface area (Å²) in [5, 5.41) is 0. The van der Waals surface area contributed by atoms with Gasteiger partial charge in [0.15, 0.2) is 0 Å². The number of carbonyl (C=O) groups excluding carboxylic acids is 1. The Balaban J connectivity index is 0.00000392. The molecule has 0 amide bonds. The molecule has 0 aromatic heterocycles. The van der Waals surface area contributed by atoms with Crippen molar-refractivity contribution in [2.45, 2.75) is 19.8 Å². The van der Waals surface area contributed by atoms with Crippen molar-refractivity contribution in [2.75, 3.05) is 40.5 Å². The van der Waals surface area contributed by atoms with Gasteiger partial charge in [-0.15, -0.1) is 12.4 Å². The molecule has 2 rings (SSSR count). The summed E-state index contributed by atoms with van der Waals surface area (Å²) in [7, 11) is 3.24. The summed E-state index contributed by atoms with van der Waals surface area (Å²) in [4.78, 5) is 15.1. The number of benzene rings is 2. The van der Waals surface area contributed by atoms with E-state index in [9.17, 15) is 4.79 Å². The number of methoxy groups -OCH3 is 2. The number of rotatable bonds is 10. The van der Waals surface area contributed by atoms with Crippen LogP contribution in [0.4, 0.5) is 0 Å². The lowest BCUT2D eigenvalue weighted by atomic mass is 9.91. The molecule has 2 aromatic carbocycles. The third-order valence-corrected chi connectivity index (χ3v) is 4.68. The maximum atomic E-state index is 12.9. The molecule has 0 N–H and O–H groups in total. The van der Waals surface area contributed by atoms with Crippen molar-refractivity contribution in [2.24, 2.45) is 0 Å². The Labute approximate surface area is 174 Å². The van der Waals surface area contributed by atoms with E-state index in [-0.39, 0.29) is 18.4 Å². The second-order valence-electron chi connectivity index (χ2n) is 6.17. The fourth-order valence-electron chi connectivity index (χ4n) is 2.96. The minimum Gasteiger partial charge on any atom is -0.497 e. The first-order valence-electron chi connectivity index (χ1n) is 9.29. The van der Waals surface area contributed by atoms with Crippen molar-refractivity contribution in [3.05, 3.63) is 59.7 Å². The Bertz CT molecular complexity index is 652. The number of ether oxygens (including phenoxy) is 3. The standard InChI is InChI=1S/C22H29NO4.ClH/c1-5-23(6-2)15-16-27-22(24)21(17-7-11-19(25-3)12-8-17)18-9-13-20(26-4)14-10-18;/h7-14,21H,5-6,15-16H2,1-4H3;1H.